The fraction of sp³-hybridized carbons (Fsp3) is 0.389. The first kappa shape index (κ1) is 15.1. The van der Waals surface area contributed by atoms with E-state index in [2.05, 4.69) is 5.32 Å². The molecule has 1 saturated carbocycles. The van der Waals surface area contributed by atoms with Crippen molar-refractivity contribution in [3.63, 3.8) is 0 Å². The van der Waals surface area contributed by atoms with Crippen LogP contribution in [-0.2, 0) is 17.9 Å². The molecule has 0 spiro atoms. The first-order valence-corrected chi connectivity index (χ1v) is 8.30. The Hall–Kier alpha value is -2.47. The molecule has 2 aromatic rings. The zero-order valence-corrected chi connectivity index (χ0v) is 13.4. The maximum atomic E-state index is 12.6. The molecule has 1 aliphatic heterocycles. The first-order valence-electron chi connectivity index (χ1n) is 8.30. The molecule has 1 aliphatic carbocycles. The van der Waals surface area contributed by atoms with Crippen LogP contribution in [0.3, 0.4) is 0 Å². The maximum Gasteiger partial charge on any atom is 0.278 e. The van der Waals surface area contributed by atoms with E-state index in [1.165, 1.54) is 12.8 Å². The molecule has 4 rings (SSSR count). The van der Waals surface area contributed by atoms with Crippen molar-refractivity contribution >= 4 is 5.91 Å². The molecule has 1 fully saturated rings. The van der Waals surface area contributed by atoms with Crippen molar-refractivity contribution in [2.45, 2.75) is 32.0 Å². The minimum absolute atomic E-state index is 0.121. The zero-order chi connectivity index (χ0) is 16.4. The highest BCUT2D eigenvalue weighted by Gasteiger charge is 2.27. The number of hydrogen-bond donors (Lipinski definition) is 1. The number of furan rings is 1. The van der Waals surface area contributed by atoms with Gasteiger partial charge in [-0.05, 0) is 29.8 Å². The van der Waals surface area contributed by atoms with Crippen molar-refractivity contribution in [1.82, 2.24) is 4.90 Å². The number of ether oxygens (including phenoxy) is 2. The summed E-state index contributed by atoms with van der Waals surface area (Å²) >= 11 is 0. The van der Waals surface area contributed by atoms with Gasteiger partial charge in [-0.25, -0.2) is 0 Å². The van der Waals surface area contributed by atoms with Crippen molar-refractivity contribution in [1.29, 1.82) is 0 Å². The average Bonchev–Trinajstić information content (AvgIpc) is 3.07. The molecule has 2 N–H and O–H groups in total. The molecule has 0 atom stereocenters. The third-order valence-electron chi connectivity index (χ3n) is 4.34. The fourth-order valence-corrected chi connectivity index (χ4v) is 2.81. The number of nitrogens with zero attached hydrogens (tertiary/aromatic N) is 1. The molecule has 0 radical (unpaired) electrons. The summed E-state index contributed by atoms with van der Waals surface area (Å²) in [6.07, 6.45) is 4.07. The quantitative estimate of drug-likeness (QED) is 0.830. The SMILES string of the molecule is O=C(C[NH2+]C1CC1)N(Cc1ccc2c(c1)OCO2)Cc1ccco1. The second-order valence-corrected chi connectivity index (χ2v) is 6.29. The van der Waals surface area contributed by atoms with E-state index in [1.54, 1.807) is 6.26 Å². The van der Waals surface area contributed by atoms with Crippen molar-refractivity contribution in [3.8, 4) is 11.5 Å². The summed E-state index contributed by atoms with van der Waals surface area (Å²) in [6.45, 7) is 1.73. The lowest BCUT2D eigenvalue weighted by molar-refractivity contribution is -0.658. The summed E-state index contributed by atoms with van der Waals surface area (Å²) in [7, 11) is 0. The van der Waals surface area contributed by atoms with Gasteiger partial charge in [0.15, 0.2) is 18.0 Å². The Morgan fingerprint density at radius 2 is 2.04 bits per heavy atom. The highest BCUT2D eigenvalue weighted by atomic mass is 16.7. The Balaban J connectivity index is 1.46. The summed E-state index contributed by atoms with van der Waals surface area (Å²) < 4.78 is 16.2. The molecule has 126 valence electrons. The number of nitrogens with two attached hydrogens (primary N) is 1. The highest BCUT2D eigenvalue weighted by Crippen LogP contribution is 2.32. The number of hydrogen-bond acceptors (Lipinski definition) is 4. The molecule has 2 aliphatic rings. The maximum absolute atomic E-state index is 12.6. The normalized spacial score (nSPS) is 15.5. The molecule has 2 heterocycles. The summed E-state index contributed by atoms with van der Waals surface area (Å²) in [4.78, 5) is 14.5. The predicted octanol–water partition coefficient (Wildman–Crippen LogP) is 1.26. The van der Waals surface area contributed by atoms with Crippen LogP contribution in [0.1, 0.15) is 24.2 Å². The van der Waals surface area contributed by atoms with Gasteiger partial charge in [0, 0.05) is 19.4 Å². The van der Waals surface area contributed by atoms with Crippen LogP contribution < -0.4 is 14.8 Å². The van der Waals surface area contributed by atoms with Crippen molar-refractivity contribution < 1.29 is 24.0 Å². The summed E-state index contributed by atoms with van der Waals surface area (Å²) in [5.41, 5.74) is 1.02. The van der Waals surface area contributed by atoms with Crippen LogP contribution in [0.4, 0.5) is 0 Å². The lowest BCUT2D eigenvalue weighted by Crippen LogP contribution is -2.88. The van der Waals surface area contributed by atoms with Crippen LogP contribution in [0.5, 0.6) is 11.5 Å². The van der Waals surface area contributed by atoms with Crippen LogP contribution in [0.25, 0.3) is 0 Å². The van der Waals surface area contributed by atoms with Crippen LogP contribution in [0.2, 0.25) is 0 Å². The Bertz CT molecular complexity index is 710. The molecule has 24 heavy (non-hydrogen) atoms. The van der Waals surface area contributed by atoms with Crippen molar-refractivity contribution in [2.24, 2.45) is 0 Å². The number of amides is 1. The molecule has 1 aromatic carbocycles. The van der Waals surface area contributed by atoms with Gasteiger partial charge in [-0.15, -0.1) is 0 Å². The molecule has 0 saturated heterocycles. The molecule has 1 aromatic heterocycles. The lowest BCUT2D eigenvalue weighted by Gasteiger charge is -2.21. The Morgan fingerprint density at radius 1 is 1.17 bits per heavy atom. The van der Waals surface area contributed by atoms with E-state index in [9.17, 15) is 4.79 Å². The number of quaternary nitrogens is 1. The van der Waals surface area contributed by atoms with E-state index < -0.39 is 0 Å². The fourth-order valence-electron chi connectivity index (χ4n) is 2.81. The van der Waals surface area contributed by atoms with Gasteiger partial charge in [0.2, 0.25) is 6.79 Å². The third-order valence-corrected chi connectivity index (χ3v) is 4.34. The van der Waals surface area contributed by atoms with Gasteiger partial charge in [-0.2, -0.15) is 0 Å². The van der Waals surface area contributed by atoms with Gasteiger partial charge < -0.3 is 24.1 Å². The summed E-state index contributed by atoms with van der Waals surface area (Å²) in [5, 5.41) is 2.14. The van der Waals surface area contributed by atoms with Gasteiger partial charge >= 0.3 is 0 Å². The molecular formula is C18H21N2O4+. The lowest BCUT2D eigenvalue weighted by atomic mass is 10.2. The summed E-state index contributed by atoms with van der Waals surface area (Å²) in [6, 6.07) is 10.2. The number of benzene rings is 1. The van der Waals surface area contributed by atoms with Crippen molar-refractivity contribution in [3.05, 3.63) is 47.9 Å². The molecule has 1 amide bonds. The van der Waals surface area contributed by atoms with E-state index in [-0.39, 0.29) is 12.7 Å². The topological polar surface area (TPSA) is 68.5 Å². The second kappa shape index (κ2) is 6.57. The molecular weight excluding hydrogens is 308 g/mol. The van der Waals surface area contributed by atoms with Crippen LogP contribution in [-0.4, -0.2) is 30.2 Å². The first-order chi connectivity index (χ1) is 11.8. The second-order valence-electron chi connectivity index (χ2n) is 6.29. The van der Waals surface area contributed by atoms with Gasteiger partial charge in [-0.3, -0.25) is 4.79 Å². The van der Waals surface area contributed by atoms with Crippen molar-refractivity contribution in [2.75, 3.05) is 13.3 Å². The van der Waals surface area contributed by atoms with E-state index in [1.807, 2.05) is 35.2 Å². The average molecular weight is 329 g/mol. The monoisotopic (exact) mass is 329 g/mol. The van der Waals surface area contributed by atoms with Crippen LogP contribution in [0, 0.1) is 0 Å². The van der Waals surface area contributed by atoms with Gasteiger partial charge in [0.25, 0.3) is 5.91 Å². The molecule has 6 nitrogen and oxygen atoms in total. The molecule has 6 heteroatoms. The Labute approximate surface area is 140 Å². The minimum Gasteiger partial charge on any atom is -0.467 e. The number of fused-ring (bicyclic) bond motifs is 1. The van der Waals surface area contributed by atoms with E-state index in [4.69, 9.17) is 13.9 Å². The van der Waals surface area contributed by atoms with E-state index >= 15 is 0 Å². The van der Waals surface area contributed by atoms with Gasteiger partial charge in [0.1, 0.15) is 5.76 Å². The molecule has 0 unspecified atom stereocenters. The van der Waals surface area contributed by atoms with Gasteiger partial charge in [0.05, 0.1) is 18.8 Å². The van der Waals surface area contributed by atoms with Crippen LogP contribution >= 0.6 is 0 Å². The summed E-state index contributed by atoms with van der Waals surface area (Å²) in [5.74, 6) is 2.40. The van der Waals surface area contributed by atoms with Crippen LogP contribution in [0.15, 0.2) is 41.0 Å². The predicted molar refractivity (Wildman–Crippen MR) is 85.3 cm³/mol. The highest BCUT2D eigenvalue weighted by molar-refractivity contribution is 5.77. The van der Waals surface area contributed by atoms with E-state index in [0.717, 1.165) is 22.8 Å². The molecule has 0 bridgehead atoms. The zero-order valence-electron chi connectivity index (χ0n) is 13.4. The standard InChI is InChI=1S/C18H20N2O4/c21-18(9-19-14-4-5-14)20(11-15-2-1-7-22-15)10-13-3-6-16-17(8-13)24-12-23-16/h1-3,6-8,14,19H,4-5,9-12H2/p+1. The largest absolute Gasteiger partial charge is 0.467 e. The number of rotatable bonds is 7. The third kappa shape index (κ3) is 3.54. The minimum atomic E-state index is 0.121. The Kier molecular flexibility index (Phi) is 4.13. The van der Waals surface area contributed by atoms with E-state index in [0.29, 0.717) is 25.7 Å². The number of carbonyl (C=O) groups is 1. The number of carbonyl (C=O) groups excluding carboxylic acids is 1. The smallest absolute Gasteiger partial charge is 0.278 e. The van der Waals surface area contributed by atoms with Gasteiger partial charge in [-0.1, -0.05) is 6.07 Å². The Morgan fingerprint density at radius 3 is 2.83 bits per heavy atom.